The van der Waals surface area contributed by atoms with Crippen LogP contribution in [0.25, 0.3) is 0 Å². The van der Waals surface area contributed by atoms with E-state index in [1.165, 1.54) is 0 Å². The number of nitrogens with zero attached hydrogens (tertiary/aromatic N) is 1. The molecule has 3 nitrogen and oxygen atoms in total. The third kappa shape index (κ3) is 12.0. The first-order valence-electron chi connectivity index (χ1n) is 1.85. The molecule has 1 aromatic heterocycles. The molecule has 0 aliphatic carbocycles. The summed E-state index contributed by atoms with van der Waals surface area (Å²) in [5, 5.41) is 0. The molecule has 0 unspecified atom stereocenters. The maximum absolute atomic E-state index is 3.78. The zero-order valence-electron chi connectivity index (χ0n) is 9.04. The Morgan fingerprint density at radius 1 is 0.900 bits per heavy atom. The Balaban J connectivity index is -0.0000000103. The minimum atomic E-state index is 0. The van der Waals surface area contributed by atoms with Gasteiger partial charge in [-0.25, -0.2) is 0 Å². The average molecular weight is 181 g/mol. The molecule has 1 heterocycles. The number of hydrogen-bond acceptors (Lipinski definition) is 1. The molecule has 1 aromatic rings. The van der Waals surface area contributed by atoms with Gasteiger partial charge in [-0.3, -0.25) is 4.98 Å². The quantitative estimate of drug-likeness (QED) is 0.381. The largest absolute Gasteiger partial charge is 2.00 e. The molecule has 0 aliphatic heterocycles. The standard InChI is InChI=1S/C5H5N.Ca.Na.2H2O.3H/c1-2-4-6-5-3-1;;;;;;;/h1-5H;;;2*1H2;;;/q;+2;+1;;;3*-1. The van der Waals surface area contributed by atoms with Crippen LogP contribution in [-0.2, 0) is 0 Å². The topological polar surface area (TPSA) is 75.9 Å². The molecular weight excluding hydrogens is 169 g/mol. The predicted molar refractivity (Wildman–Crippen MR) is 40.6 cm³/mol. The first-order chi connectivity index (χ1) is 3.00. The normalized spacial score (nSPS) is 4.80. The van der Waals surface area contributed by atoms with E-state index < -0.39 is 0 Å². The molecule has 5 heteroatoms. The molecule has 0 spiro atoms. The minimum absolute atomic E-state index is 0. The van der Waals surface area contributed by atoms with Gasteiger partial charge in [0.25, 0.3) is 0 Å². The second-order valence-corrected chi connectivity index (χ2v) is 1.02. The van der Waals surface area contributed by atoms with Crippen LogP contribution in [0, 0.1) is 0 Å². The first kappa shape index (κ1) is 22.5. The van der Waals surface area contributed by atoms with Gasteiger partial charge in [-0.15, -0.1) is 0 Å². The van der Waals surface area contributed by atoms with E-state index in [1.807, 2.05) is 18.2 Å². The van der Waals surface area contributed by atoms with Gasteiger partial charge < -0.3 is 15.2 Å². The molecule has 0 aromatic carbocycles. The average Bonchev–Trinajstić information content (AvgIpc) is 1.72. The Bertz CT molecular complexity index is 102. The molecule has 0 saturated carbocycles. The molecule has 1 rings (SSSR count). The Hall–Kier alpha value is 1.33. The second-order valence-electron chi connectivity index (χ2n) is 1.02. The summed E-state index contributed by atoms with van der Waals surface area (Å²) in [5.41, 5.74) is 0. The molecule has 0 bridgehead atoms. The summed E-state index contributed by atoms with van der Waals surface area (Å²) in [4.78, 5) is 3.78. The van der Waals surface area contributed by atoms with Gasteiger partial charge in [-0.1, -0.05) is 6.07 Å². The molecule has 0 atom stereocenters. The molecular formula is C5H12CaNNaO2. The van der Waals surface area contributed by atoms with Gasteiger partial charge in [0.15, 0.2) is 0 Å². The summed E-state index contributed by atoms with van der Waals surface area (Å²) in [6.07, 6.45) is 3.50. The van der Waals surface area contributed by atoms with Crippen molar-refractivity contribution in [3.8, 4) is 0 Å². The fourth-order valence-electron chi connectivity index (χ4n) is 0.313. The van der Waals surface area contributed by atoms with E-state index in [1.54, 1.807) is 12.4 Å². The van der Waals surface area contributed by atoms with Crippen LogP contribution < -0.4 is 29.6 Å². The first-order valence-corrected chi connectivity index (χ1v) is 1.85. The van der Waals surface area contributed by atoms with E-state index in [2.05, 4.69) is 4.98 Å². The van der Waals surface area contributed by atoms with Crippen molar-refractivity contribution in [3.63, 3.8) is 0 Å². The molecule has 0 aliphatic rings. The van der Waals surface area contributed by atoms with Gasteiger partial charge in [-0.2, -0.15) is 0 Å². The van der Waals surface area contributed by atoms with Crippen LogP contribution >= 0.6 is 0 Å². The SMILES string of the molecule is O.O.[Ca+2].[H-].[H-].[H-].[Na+].c1ccncc1. The maximum atomic E-state index is 3.78. The fourth-order valence-corrected chi connectivity index (χ4v) is 0.313. The van der Waals surface area contributed by atoms with Crippen LogP contribution in [0.2, 0.25) is 0 Å². The minimum Gasteiger partial charge on any atom is -1.00 e. The van der Waals surface area contributed by atoms with E-state index in [-0.39, 0.29) is 82.5 Å². The molecule has 10 heavy (non-hydrogen) atoms. The molecule has 4 N–H and O–H groups in total. The van der Waals surface area contributed by atoms with E-state index in [0.29, 0.717) is 0 Å². The van der Waals surface area contributed by atoms with Gasteiger partial charge in [-0.05, 0) is 12.1 Å². The maximum Gasteiger partial charge on any atom is 2.00 e. The van der Waals surface area contributed by atoms with Crippen LogP contribution in [0.4, 0.5) is 0 Å². The van der Waals surface area contributed by atoms with E-state index >= 15 is 0 Å². The molecule has 0 fully saturated rings. The van der Waals surface area contributed by atoms with Crippen molar-refractivity contribution in [2.45, 2.75) is 0 Å². The molecule has 0 radical (unpaired) electrons. The van der Waals surface area contributed by atoms with E-state index in [9.17, 15) is 0 Å². The van der Waals surface area contributed by atoms with E-state index in [0.717, 1.165) is 0 Å². The van der Waals surface area contributed by atoms with Crippen molar-refractivity contribution >= 4 is 37.7 Å². The summed E-state index contributed by atoms with van der Waals surface area (Å²) < 4.78 is 0. The van der Waals surface area contributed by atoms with Gasteiger partial charge in [0.1, 0.15) is 0 Å². The van der Waals surface area contributed by atoms with Crippen LogP contribution in [0.15, 0.2) is 30.6 Å². The third-order valence-electron chi connectivity index (χ3n) is 0.566. The van der Waals surface area contributed by atoms with Crippen LogP contribution in [0.5, 0.6) is 0 Å². The van der Waals surface area contributed by atoms with Crippen molar-refractivity contribution in [1.29, 1.82) is 0 Å². The summed E-state index contributed by atoms with van der Waals surface area (Å²) in [6.45, 7) is 0. The van der Waals surface area contributed by atoms with E-state index in [4.69, 9.17) is 0 Å². The van der Waals surface area contributed by atoms with Gasteiger partial charge in [0, 0.05) is 12.4 Å². The Morgan fingerprint density at radius 3 is 1.40 bits per heavy atom. The van der Waals surface area contributed by atoms with Crippen molar-refractivity contribution in [1.82, 2.24) is 4.98 Å². The van der Waals surface area contributed by atoms with Crippen molar-refractivity contribution < 1.29 is 44.8 Å². The monoisotopic (exact) mass is 181 g/mol. The molecule has 0 saturated heterocycles. The zero-order chi connectivity index (χ0) is 4.24. The van der Waals surface area contributed by atoms with Crippen LogP contribution in [-0.4, -0.2) is 53.7 Å². The molecule has 0 amide bonds. The Morgan fingerprint density at radius 2 is 1.30 bits per heavy atom. The number of aromatic nitrogens is 1. The van der Waals surface area contributed by atoms with Crippen LogP contribution in [0.3, 0.4) is 0 Å². The van der Waals surface area contributed by atoms with Crippen molar-refractivity contribution in [3.05, 3.63) is 30.6 Å². The number of hydrogen-bond donors (Lipinski definition) is 0. The Kier molecular flexibility index (Phi) is 37.7. The third-order valence-corrected chi connectivity index (χ3v) is 0.566. The van der Waals surface area contributed by atoms with Gasteiger partial charge >= 0.3 is 67.3 Å². The van der Waals surface area contributed by atoms with Crippen molar-refractivity contribution in [2.24, 2.45) is 0 Å². The van der Waals surface area contributed by atoms with Gasteiger partial charge in [0.05, 0.1) is 0 Å². The zero-order valence-corrected chi connectivity index (χ0v) is 10.2. The van der Waals surface area contributed by atoms with Crippen LogP contribution in [0.1, 0.15) is 4.28 Å². The second kappa shape index (κ2) is 16.7. The smallest absolute Gasteiger partial charge is 1.00 e. The van der Waals surface area contributed by atoms with Gasteiger partial charge in [0.2, 0.25) is 0 Å². The summed E-state index contributed by atoms with van der Waals surface area (Å²) in [7, 11) is 0. The Labute approximate surface area is 117 Å². The summed E-state index contributed by atoms with van der Waals surface area (Å²) in [5.74, 6) is 0. The number of pyridine rings is 1. The summed E-state index contributed by atoms with van der Waals surface area (Å²) in [6, 6.07) is 5.72. The molecule has 52 valence electrons. The fraction of sp³-hybridized carbons (Fsp3) is 0. The number of rotatable bonds is 0. The summed E-state index contributed by atoms with van der Waals surface area (Å²) >= 11 is 0. The van der Waals surface area contributed by atoms with Crippen molar-refractivity contribution in [2.75, 3.05) is 0 Å². The predicted octanol–water partition coefficient (Wildman–Crippen LogP) is -3.61.